The van der Waals surface area contributed by atoms with Gasteiger partial charge in [0.1, 0.15) is 0 Å². The Bertz CT molecular complexity index is 847. The Morgan fingerprint density at radius 1 is 0.811 bits per heavy atom. The molecule has 0 amide bonds. The first kappa shape index (κ1) is 43.3. The molecule has 0 saturated heterocycles. The van der Waals surface area contributed by atoms with Crippen molar-refractivity contribution in [1.82, 2.24) is 0 Å². The summed E-state index contributed by atoms with van der Waals surface area (Å²) in [6.07, 6.45) is 5.82. The first-order chi connectivity index (χ1) is 16.2. The molecule has 0 aliphatic heterocycles. The highest BCUT2D eigenvalue weighted by atomic mass is 127. The van der Waals surface area contributed by atoms with Gasteiger partial charge >= 0.3 is 17.9 Å². The Kier molecular flexibility index (Phi) is 27.2. The van der Waals surface area contributed by atoms with Crippen LogP contribution in [0.1, 0.15) is 80.1 Å². The summed E-state index contributed by atoms with van der Waals surface area (Å²) in [5, 5.41) is 25.5. The Morgan fingerprint density at radius 3 is 1.51 bits per heavy atom. The van der Waals surface area contributed by atoms with Crippen LogP contribution in [0.2, 0.25) is 0 Å². The van der Waals surface area contributed by atoms with Crippen LogP contribution in [0, 0.1) is 0 Å². The van der Waals surface area contributed by atoms with E-state index in [1.807, 2.05) is 47.6 Å². The fraction of sp³-hybridized carbons (Fsp3) is 0.519. The highest BCUT2D eigenvalue weighted by Gasteiger charge is 2.24. The zero-order valence-electron chi connectivity index (χ0n) is 22.6. The molecule has 0 fully saturated rings. The molecule has 0 bridgehead atoms. The van der Waals surface area contributed by atoms with Crippen LogP contribution in [0.25, 0.3) is 0 Å². The van der Waals surface area contributed by atoms with Gasteiger partial charge < -0.3 is 15.3 Å². The van der Waals surface area contributed by atoms with Gasteiger partial charge in [-0.15, -0.1) is 24.0 Å². The van der Waals surface area contributed by atoms with Gasteiger partial charge in [-0.2, -0.15) is 0 Å². The summed E-state index contributed by atoms with van der Waals surface area (Å²) in [6.45, 7) is 22.4. The standard InChI is InChI=1S/C9H14Br2O2.C9H13BrO2.C9H14O2.HI/c1-6(8(12)13)4-5-7(10)9(2,3)11;1-6(2)8(10)5-4-7(3)9(11)12;1-7(2)5-4-6-8(3)9(10)11;/h7H,1,4-5H2,2-3H3,(H,12,13);3-5H2,1-2H3,(H,11,12);5H,3-4,6H2,1-2H3,(H,10,11);1H. The highest BCUT2D eigenvalue weighted by molar-refractivity contribution is 14.0. The maximum atomic E-state index is 10.4. The van der Waals surface area contributed by atoms with Gasteiger partial charge in [0.2, 0.25) is 0 Å². The number of halogens is 4. The third-order valence-electron chi connectivity index (χ3n) is 4.54. The molecule has 0 saturated carbocycles. The SMILES string of the molecule is C=C(CCC(Br)=C(C)C)C(=O)O.C=C(CCC(Br)C(C)(C)Br)C(=O)O.C=C(CCC=C(C)C)C(=O)O.I. The number of hydrogen-bond acceptors (Lipinski definition) is 3. The first-order valence-electron chi connectivity index (χ1n) is 11.2. The van der Waals surface area contributed by atoms with Crippen molar-refractivity contribution in [2.24, 2.45) is 0 Å². The molecule has 1 unspecified atom stereocenters. The van der Waals surface area contributed by atoms with E-state index in [2.05, 4.69) is 67.5 Å². The molecule has 214 valence electrons. The topological polar surface area (TPSA) is 112 Å². The van der Waals surface area contributed by atoms with E-state index < -0.39 is 17.9 Å². The third kappa shape index (κ3) is 28.1. The van der Waals surface area contributed by atoms with Gasteiger partial charge in [0.25, 0.3) is 0 Å². The zero-order chi connectivity index (χ0) is 29.2. The predicted molar refractivity (Wildman–Crippen MR) is 176 cm³/mol. The van der Waals surface area contributed by atoms with Crippen LogP contribution in [0.15, 0.2) is 58.2 Å². The normalized spacial score (nSPS) is 10.5. The maximum absolute atomic E-state index is 10.4. The van der Waals surface area contributed by atoms with Crippen molar-refractivity contribution in [3.8, 4) is 0 Å². The molecule has 3 N–H and O–H groups in total. The fourth-order valence-electron chi connectivity index (χ4n) is 2.01. The van der Waals surface area contributed by atoms with Crippen molar-refractivity contribution >= 4 is 89.7 Å². The minimum atomic E-state index is -0.913. The summed E-state index contributed by atoms with van der Waals surface area (Å²) in [5.41, 5.74) is 3.19. The molecular formula is C27H42Br3IO6. The molecular weight excluding hydrogens is 787 g/mol. The minimum Gasteiger partial charge on any atom is -0.478 e. The molecule has 0 aromatic heterocycles. The average molecular weight is 829 g/mol. The number of carboxylic acid groups (broad SMARTS) is 3. The molecule has 10 heteroatoms. The van der Waals surface area contributed by atoms with Crippen LogP contribution in [-0.4, -0.2) is 42.4 Å². The summed E-state index contributed by atoms with van der Waals surface area (Å²) in [6, 6.07) is 0. The molecule has 37 heavy (non-hydrogen) atoms. The number of allylic oxidation sites excluding steroid dienone is 4. The predicted octanol–water partition coefficient (Wildman–Crippen LogP) is 9.43. The number of alkyl halides is 2. The van der Waals surface area contributed by atoms with E-state index in [1.165, 1.54) is 11.1 Å². The van der Waals surface area contributed by atoms with Crippen LogP contribution in [0.3, 0.4) is 0 Å². The smallest absolute Gasteiger partial charge is 0.330 e. The van der Waals surface area contributed by atoms with Gasteiger partial charge in [-0.25, -0.2) is 14.4 Å². The van der Waals surface area contributed by atoms with Crippen molar-refractivity contribution in [3.63, 3.8) is 0 Å². The second kappa shape index (κ2) is 23.2. The van der Waals surface area contributed by atoms with E-state index in [-0.39, 0.29) is 49.8 Å². The monoisotopic (exact) mass is 826 g/mol. The number of carbonyl (C=O) groups is 3. The van der Waals surface area contributed by atoms with Crippen molar-refractivity contribution in [2.75, 3.05) is 0 Å². The van der Waals surface area contributed by atoms with E-state index in [0.717, 1.165) is 17.3 Å². The zero-order valence-corrected chi connectivity index (χ0v) is 29.7. The second-order valence-electron chi connectivity index (χ2n) is 9.02. The van der Waals surface area contributed by atoms with E-state index >= 15 is 0 Å². The van der Waals surface area contributed by atoms with Crippen LogP contribution >= 0.6 is 71.8 Å². The van der Waals surface area contributed by atoms with Crippen molar-refractivity contribution in [3.05, 3.63) is 58.2 Å². The van der Waals surface area contributed by atoms with Crippen LogP contribution in [0.5, 0.6) is 0 Å². The van der Waals surface area contributed by atoms with E-state index in [4.69, 9.17) is 15.3 Å². The van der Waals surface area contributed by atoms with Gasteiger partial charge in [-0.05, 0) is 84.5 Å². The fourth-order valence-corrected chi connectivity index (χ4v) is 2.67. The second-order valence-corrected chi connectivity index (χ2v) is 13.1. The lowest BCUT2D eigenvalue weighted by atomic mass is 10.0. The molecule has 6 nitrogen and oxygen atoms in total. The number of carboxylic acids is 3. The van der Waals surface area contributed by atoms with Crippen LogP contribution in [0.4, 0.5) is 0 Å². The Balaban J connectivity index is -0.000000219. The van der Waals surface area contributed by atoms with E-state index in [0.29, 0.717) is 25.7 Å². The number of hydrogen-bond donors (Lipinski definition) is 3. The Morgan fingerprint density at radius 2 is 1.19 bits per heavy atom. The summed E-state index contributed by atoms with van der Waals surface area (Å²) in [5.74, 6) is -2.72. The van der Waals surface area contributed by atoms with Crippen LogP contribution in [-0.2, 0) is 14.4 Å². The Labute approximate surface area is 264 Å². The summed E-state index contributed by atoms with van der Waals surface area (Å²) in [4.78, 5) is 31.3. The molecule has 1 atom stereocenters. The lowest BCUT2D eigenvalue weighted by Crippen LogP contribution is -2.24. The molecule has 0 aromatic rings. The van der Waals surface area contributed by atoms with Gasteiger partial charge in [-0.3, -0.25) is 0 Å². The van der Waals surface area contributed by atoms with Gasteiger partial charge in [0, 0.05) is 25.9 Å². The number of rotatable bonds is 13. The van der Waals surface area contributed by atoms with E-state index in [9.17, 15) is 14.4 Å². The third-order valence-corrected chi connectivity index (χ3v) is 8.50. The lowest BCUT2D eigenvalue weighted by Gasteiger charge is -2.23. The van der Waals surface area contributed by atoms with Gasteiger partial charge in [0.05, 0.1) is 0 Å². The van der Waals surface area contributed by atoms with Crippen LogP contribution < -0.4 is 0 Å². The quantitative estimate of drug-likeness (QED) is 0.0739. The molecule has 0 aliphatic rings. The van der Waals surface area contributed by atoms with E-state index in [1.54, 1.807) is 0 Å². The summed E-state index contributed by atoms with van der Waals surface area (Å²) < 4.78 is 1.04. The molecule has 0 spiro atoms. The Hall–Kier alpha value is -0.720. The van der Waals surface area contributed by atoms with Gasteiger partial charge in [0.15, 0.2) is 0 Å². The maximum Gasteiger partial charge on any atom is 0.330 e. The molecule has 0 aliphatic carbocycles. The highest BCUT2D eigenvalue weighted by Crippen LogP contribution is 2.30. The van der Waals surface area contributed by atoms with Crippen molar-refractivity contribution < 1.29 is 29.7 Å². The molecule has 0 aromatic carbocycles. The summed E-state index contributed by atoms with van der Waals surface area (Å²) in [7, 11) is 0. The molecule has 0 radical (unpaired) electrons. The largest absolute Gasteiger partial charge is 0.478 e. The number of aliphatic carboxylic acids is 3. The average Bonchev–Trinajstić information content (AvgIpc) is 2.74. The van der Waals surface area contributed by atoms with Gasteiger partial charge in [-0.1, -0.05) is 84.7 Å². The lowest BCUT2D eigenvalue weighted by molar-refractivity contribution is -0.133. The molecule has 0 rings (SSSR count). The first-order valence-corrected chi connectivity index (χ1v) is 13.7. The molecule has 0 heterocycles. The van der Waals surface area contributed by atoms with Crippen molar-refractivity contribution in [2.45, 2.75) is 89.2 Å². The summed E-state index contributed by atoms with van der Waals surface area (Å²) >= 11 is 10.4. The van der Waals surface area contributed by atoms with Crippen molar-refractivity contribution in [1.29, 1.82) is 0 Å². The minimum absolute atomic E-state index is 0.